The molecular weight excluding hydrogens is 276 g/mol. The number of hydrogen-bond acceptors (Lipinski definition) is 4. The summed E-state index contributed by atoms with van der Waals surface area (Å²) in [7, 11) is 0. The van der Waals surface area contributed by atoms with Crippen LogP contribution in [0.4, 0.5) is 5.69 Å². The second-order valence-electron chi connectivity index (χ2n) is 5.55. The van der Waals surface area contributed by atoms with Gasteiger partial charge in [-0.05, 0) is 42.1 Å². The van der Waals surface area contributed by atoms with E-state index in [9.17, 15) is 4.79 Å². The zero-order chi connectivity index (χ0) is 15.2. The SMILES string of the molecule is O=C(Cc1ccccc1)ONc1ccc([C@@H]2CCNC2)cc1. The lowest BCUT2D eigenvalue weighted by Gasteiger charge is -2.11. The predicted octanol–water partition coefficient (Wildman–Crippen LogP) is 2.88. The van der Waals surface area contributed by atoms with Crippen LogP contribution >= 0.6 is 0 Å². The molecule has 1 aliphatic rings. The highest BCUT2D eigenvalue weighted by Gasteiger charge is 2.16. The third-order valence-electron chi connectivity index (χ3n) is 3.92. The van der Waals surface area contributed by atoms with Crippen molar-refractivity contribution in [2.24, 2.45) is 0 Å². The number of nitrogens with one attached hydrogen (secondary N) is 2. The van der Waals surface area contributed by atoms with Gasteiger partial charge in [0.15, 0.2) is 0 Å². The Bertz CT molecular complexity index is 605. The van der Waals surface area contributed by atoms with Crippen molar-refractivity contribution in [1.29, 1.82) is 0 Å². The smallest absolute Gasteiger partial charge is 0.336 e. The number of rotatable bonds is 5. The van der Waals surface area contributed by atoms with Crippen LogP contribution in [-0.4, -0.2) is 19.1 Å². The maximum Gasteiger partial charge on any atom is 0.336 e. The molecule has 1 aliphatic heterocycles. The van der Waals surface area contributed by atoms with Gasteiger partial charge in [-0.15, -0.1) is 0 Å². The molecule has 114 valence electrons. The molecule has 0 aliphatic carbocycles. The van der Waals surface area contributed by atoms with Gasteiger partial charge >= 0.3 is 5.97 Å². The summed E-state index contributed by atoms with van der Waals surface area (Å²) >= 11 is 0. The lowest BCUT2D eigenvalue weighted by molar-refractivity contribution is -0.139. The molecule has 1 saturated heterocycles. The molecule has 0 saturated carbocycles. The van der Waals surface area contributed by atoms with Gasteiger partial charge in [0.05, 0.1) is 12.1 Å². The lowest BCUT2D eigenvalue weighted by Crippen LogP contribution is -2.13. The molecule has 4 nitrogen and oxygen atoms in total. The molecule has 0 radical (unpaired) electrons. The van der Waals surface area contributed by atoms with Gasteiger partial charge in [-0.1, -0.05) is 42.5 Å². The van der Waals surface area contributed by atoms with Crippen molar-refractivity contribution in [3.8, 4) is 0 Å². The second kappa shape index (κ2) is 7.09. The van der Waals surface area contributed by atoms with Crippen molar-refractivity contribution in [2.75, 3.05) is 18.6 Å². The molecule has 4 heteroatoms. The minimum absolute atomic E-state index is 0.264. The maximum absolute atomic E-state index is 11.8. The first kappa shape index (κ1) is 14.6. The van der Waals surface area contributed by atoms with E-state index in [1.54, 1.807) is 0 Å². The molecule has 0 unspecified atom stereocenters. The maximum atomic E-state index is 11.8. The Hall–Kier alpha value is -2.33. The Morgan fingerprint density at radius 1 is 1.14 bits per heavy atom. The first-order valence-corrected chi connectivity index (χ1v) is 7.61. The standard InChI is InChI=1S/C18H20N2O2/c21-18(12-14-4-2-1-3-5-14)22-20-17-8-6-15(7-9-17)16-10-11-19-13-16/h1-9,16,19-20H,10-13H2/t16-/m1/s1. The van der Waals surface area contributed by atoms with Crippen LogP contribution in [0.15, 0.2) is 54.6 Å². The zero-order valence-electron chi connectivity index (χ0n) is 12.4. The van der Waals surface area contributed by atoms with Gasteiger partial charge in [0.2, 0.25) is 0 Å². The second-order valence-corrected chi connectivity index (χ2v) is 5.55. The van der Waals surface area contributed by atoms with Gasteiger partial charge in [0.25, 0.3) is 0 Å². The van der Waals surface area contributed by atoms with Crippen LogP contribution < -0.4 is 10.8 Å². The Labute approximate surface area is 130 Å². The van der Waals surface area contributed by atoms with E-state index in [-0.39, 0.29) is 12.4 Å². The van der Waals surface area contributed by atoms with E-state index in [4.69, 9.17) is 4.84 Å². The highest BCUT2D eigenvalue weighted by Crippen LogP contribution is 2.23. The normalized spacial score (nSPS) is 17.2. The minimum atomic E-state index is -0.296. The Balaban J connectivity index is 1.49. The third kappa shape index (κ3) is 3.86. The van der Waals surface area contributed by atoms with Crippen molar-refractivity contribution in [2.45, 2.75) is 18.8 Å². The van der Waals surface area contributed by atoms with E-state index >= 15 is 0 Å². The molecule has 2 aromatic rings. The molecule has 1 atom stereocenters. The summed E-state index contributed by atoms with van der Waals surface area (Å²) in [5.41, 5.74) is 5.77. The van der Waals surface area contributed by atoms with E-state index in [1.165, 1.54) is 12.0 Å². The monoisotopic (exact) mass is 296 g/mol. The highest BCUT2D eigenvalue weighted by molar-refractivity contribution is 5.73. The fourth-order valence-electron chi connectivity index (χ4n) is 2.68. The van der Waals surface area contributed by atoms with Crippen molar-refractivity contribution < 1.29 is 9.63 Å². The fourth-order valence-corrected chi connectivity index (χ4v) is 2.68. The predicted molar refractivity (Wildman–Crippen MR) is 86.5 cm³/mol. The van der Waals surface area contributed by atoms with E-state index in [0.29, 0.717) is 5.92 Å². The highest BCUT2D eigenvalue weighted by atomic mass is 16.7. The summed E-state index contributed by atoms with van der Waals surface area (Å²) in [5.74, 6) is 0.296. The quantitative estimate of drug-likeness (QED) is 0.833. The van der Waals surface area contributed by atoms with Crippen LogP contribution in [0.1, 0.15) is 23.5 Å². The summed E-state index contributed by atoms with van der Waals surface area (Å²) in [5, 5.41) is 3.36. The molecule has 0 aromatic heterocycles. The molecule has 0 spiro atoms. The summed E-state index contributed by atoms with van der Waals surface area (Å²) < 4.78 is 0. The van der Waals surface area contributed by atoms with Crippen molar-refractivity contribution in [1.82, 2.24) is 5.32 Å². The van der Waals surface area contributed by atoms with Crippen LogP contribution in [0.5, 0.6) is 0 Å². The van der Waals surface area contributed by atoms with Crippen LogP contribution in [0, 0.1) is 0 Å². The molecule has 0 bridgehead atoms. The topological polar surface area (TPSA) is 50.4 Å². The average molecular weight is 296 g/mol. The Morgan fingerprint density at radius 2 is 1.91 bits per heavy atom. The number of anilines is 1. The van der Waals surface area contributed by atoms with Gasteiger partial charge in [-0.3, -0.25) is 0 Å². The molecule has 3 rings (SSSR count). The summed E-state index contributed by atoms with van der Waals surface area (Å²) in [6.07, 6.45) is 1.44. The number of benzene rings is 2. The van der Waals surface area contributed by atoms with E-state index < -0.39 is 0 Å². The Morgan fingerprint density at radius 3 is 2.59 bits per heavy atom. The van der Waals surface area contributed by atoms with E-state index in [0.717, 1.165) is 24.3 Å². The molecular formula is C18H20N2O2. The molecule has 1 fully saturated rings. The first-order chi connectivity index (χ1) is 10.8. The number of carbonyl (C=O) groups excluding carboxylic acids is 1. The minimum Gasteiger partial charge on any atom is -0.343 e. The first-order valence-electron chi connectivity index (χ1n) is 7.61. The molecule has 1 heterocycles. The average Bonchev–Trinajstić information content (AvgIpc) is 3.09. The van der Waals surface area contributed by atoms with Crippen molar-refractivity contribution in [3.05, 3.63) is 65.7 Å². The van der Waals surface area contributed by atoms with E-state index in [2.05, 4.69) is 22.9 Å². The fraction of sp³-hybridized carbons (Fsp3) is 0.278. The van der Waals surface area contributed by atoms with Crippen molar-refractivity contribution >= 4 is 11.7 Å². The van der Waals surface area contributed by atoms with Crippen LogP contribution in [0.3, 0.4) is 0 Å². The van der Waals surface area contributed by atoms with Crippen LogP contribution in [-0.2, 0) is 16.1 Å². The molecule has 2 aromatic carbocycles. The van der Waals surface area contributed by atoms with Gasteiger partial charge in [0, 0.05) is 6.54 Å². The van der Waals surface area contributed by atoms with Gasteiger partial charge < -0.3 is 10.2 Å². The van der Waals surface area contributed by atoms with Gasteiger partial charge in [-0.2, -0.15) is 0 Å². The largest absolute Gasteiger partial charge is 0.343 e. The molecule has 2 N–H and O–H groups in total. The molecule has 0 amide bonds. The molecule has 22 heavy (non-hydrogen) atoms. The van der Waals surface area contributed by atoms with Gasteiger partial charge in [-0.25, -0.2) is 10.3 Å². The Kier molecular flexibility index (Phi) is 4.71. The van der Waals surface area contributed by atoms with E-state index in [1.807, 2.05) is 42.5 Å². The summed E-state index contributed by atoms with van der Waals surface area (Å²) in [6.45, 7) is 2.13. The summed E-state index contributed by atoms with van der Waals surface area (Å²) in [4.78, 5) is 16.9. The van der Waals surface area contributed by atoms with Gasteiger partial charge in [0.1, 0.15) is 0 Å². The zero-order valence-corrected chi connectivity index (χ0v) is 12.4. The summed E-state index contributed by atoms with van der Waals surface area (Å²) in [6, 6.07) is 17.6. The van der Waals surface area contributed by atoms with Crippen LogP contribution in [0.25, 0.3) is 0 Å². The van der Waals surface area contributed by atoms with Crippen LogP contribution in [0.2, 0.25) is 0 Å². The number of hydrogen-bond donors (Lipinski definition) is 2. The lowest BCUT2D eigenvalue weighted by atomic mass is 9.98. The third-order valence-corrected chi connectivity index (χ3v) is 3.92. The van der Waals surface area contributed by atoms with Crippen molar-refractivity contribution in [3.63, 3.8) is 0 Å². The number of carbonyl (C=O) groups is 1.